The van der Waals surface area contributed by atoms with Crippen LogP contribution in [0.15, 0.2) is 47.4 Å². The van der Waals surface area contributed by atoms with Crippen LogP contribution in [0.4, 0.5) is 5.69 Å². The molecule has 0 aliphatic carbocycles. The van der Waals surface area contributed by atoms with Gasteiger partial charge in [-0.3, -0.25) is 4.31 Å². The molecule has 0 fully saturated rings. The van der Waals surface area contributed by atoms with Crippen molar-refractivity contribution in [2.24, 2.45) is 0 Å². The van der Waals surface area contributed by atoms with Crippen molar-refractivity contribution in [3.05, 3.63) is 53.1 Å². The van der Waals surface area contributed by atoms with Crippen LogP contribution in [0.2, 0.25) is 5.02 Å². The minimum Gasteiger partial charge on any atom is -0.489 e. The zero-order valence-corrected chi connectivity index (χ0v) is 13.0. The first-order valence-corrected chi connectivity index (χ1v) is 8.33. The number of halogens is 1. The molecule has 0 spiro atoms. The largest absolute Gasteiger partial charge is 0.489 e. The molecular weight excluding hydrogens is 310 g/mol. The molecule has 6 heteroatoms. The highest BCUT2D eigenvalue weighted by Crippen LogP contribution is 2.37. The number of benzene rings is 2. The summed E-state index contributed by atoms with van der Waals surface area (Å²) in [6, 6.07) is 11.9. The highest BCUT2D eigenvalue weighted by atomic mass is 35.5. The molecule has 3 rings (SSSR count). The van der Waals surface area contributed by atoms with Gasteiger partial charge in [0, 0.05) is 5.02 Å². The minimum atomic E-state index is -3.63. The van der Waals surface area contributed by atoms with Gasteiger partial charge in [-0.2, -0.15) is 0 Å². The van der Waals surface area contributed by atoms with Gasteiger partial charge in [-0.1, -0.05) is 29.8 Å². The average Bonchev–Trinajstić information content (AvgIpc) is 2.46. The smallest absolute Gasteiger partial charge is 0.264 e. The van der Waals surface area contributed by atoms with Gasteiger partial charge in [0.25, 0.3) is 10.0 Å². The van der Waals surface area contributed by atoms with Gasteiger partial charge in [0.2, 0.25) is 0 Å². The third-order valence-electron chi connectivity index (χ3n) is 3.40. The normalized spacial score (nSPS) is 14.5. The molecule has 0 atom stereocenters. The predicted molar refractivity (Wildman–Crippen MR) is 82.7 cm³/mol. The van der Waals surface area contributed by atoms with Gasteiger partial charge in [-0.15, -0.1) is 0 Å². The Balaban J connectivity index is 2.14. The standard InChI is InChI=1S/C15H14ClNO3S/c1-11-4-2-3-5-15(11)21(18,19)17-8-9-20-14-7-6-12(16)10-13(14)17/h2-7,10H,8-9H2,1H3. The van der Waals surface area contributed by atoms with Crippen molar-refractivity contribution >= 4 is 27.3 Å². The summed E-state index contributed by atoms with van der Waals surface area (Å²) in [7, 11) is -3.63. The van der Waals surface area contributed by atoms with E-state index < -0.39 is 10.0 Å². The maximum atomic E-state index is 12.9. The number of anilines is 1. The summed E-state index contributed by atoms with van der Waals surface area (Å²) in [6.45, 7) is 2.37. The van der Waals surface area contributed by atoms with Crippen molar-refractivity contribution in [3.63, 3.8) is 0 Å². The number of fused-ring (bicyclic) bond motifs is 1. The van der Waals surface area contributed by atoms with Gasteiger partial charge in [0.05, 0.1) is 17.1 Å². The van der Waals surface area contributed by atoms with Gasteiger partial charge in [-0.05, 0) is 36.8 Å². The molecule has 2 aromatic rings. The molecule has 4 nitrogen and oxygen atoms in total. The third kappa shape index (κ3) is 2.47. The maximum Gasteiger partial charge on any atom is 0.264 e. The summed E-state index contributed by atoms with van der Waals surface area (Å²) in [5.41, 5.74) is 1.20. The molecule has 0 saturated heterocycles. The van der Waals surface area contributed by atoms with Gasteiger partial charge >= 0.3 is 0 Å². The molecule has 110 valence electrons. The lowest BCUT2D eigenvalue weighted by Gasteiger charge is -2.31. The quantitative estimate of drug-likeness (QED) is 0.852. The van der Waals surface area contributed by atoms with Crippen molar-refractivity contribution in [3.8, 4) is 5.75 Å². The van der Waals surface area contributed by atoms with Crippen LogP contribution >= 0.6 is 11.6 Å². The summed E-state index contributed by atoms with van der Waals surface area (Å²) in [4.78, 5) is 0.304. The van der Waals surface area contributed by atoms with Gasteiger partial charge < -0.3 is 4.74 Å². The fourth-order valence-corrected chi connectivity index (χ4v) is 4.23. The van der Waals surface area contributed by atoms with E-state index in [-0.39, 0.29) is 6.54 Å². The molecule has 0 N–H and O–H groups in total. The maximum absolute atomic E-state index is 12.9. The third-order valence-corrected chi connectivity index (χ3v) is 5.61. The van der Waals surface area contributed by atoms with E-state index in [1.54, 1.807) is 43.3 Å². The summed E-state index contributed by atoms with van der Waals surface area (Å²) in [5.74, 6) is 0.530. The lowest BCUT2D eigenvalue weighted by molar-refractivity contribution is 0.316. The molecule has 0 bridgehead atoms. The molecule has 2 aromatic carbocycles. The number of aryl methyl sites for hydroxylation is 1. The van der Waals surface area contributed by atoms with Crippen LogP contribution in [0.3, 0.4) is 0 Å². The van der Waals surface area contributed by atoms with Gasteiger partial charge in [0.1, 0.15) is 12.4 Å². The summed E-state index contributed by atoms with van der Waals surface area (Å²) < 4.78 is 32.7. The Morgan fingerprint density at radius 2 is 1.95 bits per heavy atom. The van der Waals surface area contributed by atoms with Crippen molar-refractivity contribution in [1.29, 1.82) is 0 Å². The topological polar surface area (TPSA) is 46.6 Å². The van der Waals surface area contributed by atoms with Crippen LogP contribution in [0.1, 0.15) is 5.56 Å². The minimum absolute atomic E-state index is 0.268. The molecule has 1 aliphatic rings. The molecule has 0 aromatic heterocycles. The molecule has 0 unspecified atom stereocenters. The number of hydrogen-bond acceptors (Lipinski definition) is 3. The van der Waals surface area contributed by atoms with E-state index in [1.807, 2.05) is 6.07 Å². The SMILES string of the molecule is Cc1ccccc1S(=O)(=O)N1CCOc2ccc(Cl)cc21. The lowest BCUT2D eigenvalue weighted by atomic mass is 10.2. The van der Waals surface area contributed by atoms with E-state index in [2.05, 4.69) is 0 Å². The first-order valence-electron chi connectivity index (χ1n) is 6.51. The van der Waals surface area contributed by atoms with Crippen LogP contribution in [0.5, 0.6) is 5.75 Å². The fourth-order valence-electron chi connectivity index (χ4n) is 2.38. The summed E-state index contributed by atoms with van der Waals surface area (Å²) in [6.07, 6.45) is 0. The molecule has 1 aliphatic heterocycles. The van der Waals surface area contributed by atoms with E-state index in [1.165, 1.54) is 4.31 Å². The molecular formula is C15H14ClNO3S. The highest BCUT2D eigenvalue weighted by molar-refractivity contribution is 7.92. The molecule has 1 heterocycles. The van der Waals surface area contributed by atoms with Crippen molar-refractivity contribution < 1.29 is 13.2 Å². The monoisotopic (exact) mass is 323 g/mol. The lowest BCUT2D eigenvalue weighted by Crippen LogP contribution is -2.38. The zero-order chi connectivity index (χ0) is 15.0. The Morgan fingerprint density at radius 3 is 2.71 bits per heavy atom. The fraction of sp³-hybridized carbons (Fsp3) is 0.200. The first kappa shape index (κ1) is 14.2. The zero-order valence-electron chi connectivity index (χ0n) is 11.4. The average molecular weight is 324 g/mol. The van der Waals surface area contributed by atoms with Crippen LogP contribution in [-0.4, -0.2) is 21.6 Å². The van der Waals surface area contributed by atoms with Crippen LogP contribution < -0.4 is 9.04 Å². The number of hydrogen-bond donors (Lipinski definition) is 0. The Labute approximate surface area is 129 Å². The van der Waals surface area contributed by atoms with Crippen LogP contribution in [-0.2, 0) is 10.0 Å². The highest BCUT2D eigenvalue weighted by Gasteiger charge is 2.31. The molecule has 0 saturated carbocycles. The Bertz CT molecular complexity index is 789. The van der Waals surface area contributed by atoms with Crippen molar-refractivity contribution in [2.75, 3.05) is 17.5 Å². The second-order valence-electron chi connectivity index (χ2n) is 4.80. The number of nitrogens with zero attached hydrogens (tertiary/aromatic N) is 1. The molecule has 0 radical (unpaired) electrons. The van der Waals surface area contributed by atoms with E-state index in [4.69, 9.17) is 16.3 Å². The second kappa shape index (κ2) is 5.24. The number of ether oxygens (including phenoxy) is 1. The number of sulfonamides is 1. The predicted octanol–water partition coefficient (Wildman–Crippen LogP) is 3.24. The van der Waals surface area contributed by atoms with E-state index in [0.717, 1.165) is 0 Å². The van der Waals surface area contributed by atoms with Crippen LogP contribution in [0.25, 0.3) is 0 Å². The molecule has 0 amide bonds. The van der Waals surface area contributed by atoms with E-state index in [9.17, 15) is 8.42 Å². The molecule has 21 heavy (non-hydrogen) atoms. The van der Waals surface area contributed by atoms with E-state index in [0.29, 0.717) is 33.5 Å². The van der Waals surface area contributed by atoms with Crippen molar-refractivity contribution in [2.45, 2.75) is 11.8 Å². The van der Waals surface area contributed by atoms with Crippen molar-refractivity contribution in [1.82, 2.24) is 0 Å². The van der Waals surface area contributed by atoms with E-state index >= 15 is 0 Å². The Hall–Kier alpha value is -1.72. The van der Waals surface area contributed by atoms with Crippen LogP contribution in [0, 0.1) is 6.92 Å². The van der Waals surface area contributed by atoms with Gasteiger partial charge in [-0.25, -0.2) is 8.42 Å². The Kier molecular flexibility index (Phi) is 3.55. The second-order valence-corrected chi connectivity index (χ2v) is 7.07. The summed E-state index contributed by atoms with van der Waals surface area (Å²) in [5, 5.41) is 0.476. The Morgan fingerprint density at radius 1 is 1.19 bits per heavy atom. The van der Waals surface area contributed by atoms with Gasteiger partial charge in [0.15, 0.2) is 0 Å². The summed E-state index contributed by atoms with van der Waals surface area (Å²) >= 11 is 5.99. The number of rotatable bonds is 2. The first-order chi connectivity index (χ1) is 10.00.